The van der Waals surface area contributed by atoms with Crippen LogP contribution in [-0.4, -0.2) is 95.1 Å². The molecule has 9 heteroatoms. The van der Waals surface area contributed by atoms with Gasteiger partial charge in [-0.15, -0.1) is 0 Å². The summed E-state index contributed by atoms with van der Waals surface area (Å²) in [5.74, 6) is 0. The fraction of sp³-hybridized carbons (Fsp3) is 1.00. The van der Waals surface area contributed by atoms with Crippen LogP contribution in [0.3, 0.4) is 0 Å². The highest BCUT2D eigenvalue weighted by Gasteiger charge is 2.63. The van der Waals surface area contributed by atoms with E-state index in [0.717, 1.165) is 0 Å². The van der Waals surface area contributed by atoms with Crippen molar-refractivity contribution in [1.82, 2.24) is 0 Å². The minimum atomic E-state index is -1.46. The van der Waals surface area contributed by atoms with E-state index in [4.69, 9.17) is 28.8 Å². The molecule has 120 valence electrons. The maximum atomic E-state index is 9.97. The van der Waals surface area contributed by atoms with Gasteiger partial charge in [-0.2, -0.15) is 0 Å². The molecular formula is C12H18O9. The van der Waals surface area contributed by atoms with Crippen molar-refractivity contribution in [2.75, 3.05) is 13.2 Å². The Kier molecular flexibility index (Phi) is 3.45. The van der Waals surface area contributed by atoms with Gasteiger partial charge in [-0.25, -0.2) is 0 Å². The molecule has 0 aromatic carbocycles. The van der Waals surface area contributed by atoms with E-state index < -0.39 is 43.4 Å². The Hall–Kier alpha value is -0.360. The Labute approximate surface area is 119 Å². The summed E-state index contributed by atoms with van der Waals surface area (Å²) < 4.78 is 27.4. The van der Waals surface area contributed by atoms with Gasteiger partial charge in [0.05, 0.1) is 13.2 Å². The number of hydrogen-bond acceptors (Lipinski definition) is 9. The average molecular weight is 306 g/mol. The summed E-state index contributed by atoms with van der Waals surface area (Å²) in [6.07, 6.45) is -8.04. The molecule has 10 atom stereocenters. The van der Waals surface area contributed by atoms with Gasteiger partial charge in [0.25, 0.3) is 0 Å². The first-order chi connectivity index (χ1) is 10.1. The number of epoxide rings is 1. The van der Waals surface area contributed by atoms with Gasteiger partial charge in [0.1, 0.15) is 48.8 Å². The predicted octanol–water partition coefficient (Wildman–Crippen LogP) is -3.31. The first-order valence-corrected chi connectivity index (χ1v) is 6.98. The first kappa shape index (κ1) is 14.2. The lowest BCUT2D eigenvalue weighted by molar-refractivity contribution is -0.319. The Balaban J connectivity index is 1.46. The molecule has 0 aromatic heterocycles. The third-order valence-electron chi connectivity index (χ3n) is 4.39. The molecular weight excluding hydrogens is 288 g/mol. The number of rotatable bonds is 3. The van der Waals surface area contributed by atoms with E-state index in [1.165, 1.54) is 0 Å². The summed E-state index contributed by atoms with van der Waals surface area (Å²) in [7, 11) is 0. The molecule has 0 amide bonds. The van der Waals surface area contributed by atoms with Crippen molar-refractivity contribution in [3.8, 4) is 0 Å². The standard InChI is InChI=1S/C12H18O9/c13-1-3-5(14)6(15)7(16)11(18-3)21-8-4-2-17-12(19-4)10-9(8)20-10/h3-16H,1-2H2/t3-,4-,5-,6+,7-,8-,9+,10-,11+,12-/m1/s1. The molecule has 4 rings (SSSR count). The molecule has 0 spiro atoms. The Morgan fingerprint density at radius 1 is 0.952 bits per heavy atom. The fourth-order valence-electron chi connectivity index (χ4n) is 3.12. The van der Waals surface area contributed by atoms with Crippen molar-refractivity contribution in [2.45, 2.75) is 61.4 Å². The maximum Gasteiger partial charge on any atom is 0.187 e. The van der Waals surface area contributed by atoms with Crippen LogP contribution in [0.5, 0.6) is 0 Å². The summed E-state index contributed by atoms with van der Waals surface area (Å²) in [5, 5.41) is 38.6. The van der Waals surface area contributed by atoms with Crippen molar-refractivity contribution in [1.29, 1.82) is 0 Å². The van der Waals surface area contributed by atoms with Crippen molar-refractivity contribution in [3.63, 3.8) is 0 Å². The molecule has 4 heterocycles. The van der Waals surface area contributed by atoms with Gasteiger partial charge in [-0.1, -0.05) is 0 Å². The number of ether oxygens (including phenoxy) is 5. The van der Waals surface area contributed by atoms with E-state index in [0.29, 0.717) is 6.61 Å². The Bertz CT molecular complexity index is 404. The van der Waals surface area contributed by atoms with Crippen LogP contribution in [0.1, 0.15) is 0 Å². The third kappa shape index (κ3) is 2.21. The molecule has 4 saturated heterocycles. The predicted molar refractivity (Wildman–Crippen MR) is 61.9 cm³/mol. The van der Waals surface area contributed by atoms with Gasteiger partial charge < -0.3 is 44.1 Å². The van der Waals surface area contributed by atoms with Crippen LogP contribution in [-0.2, 0) is 23.7 Å². The molecule has 4 aliphatic rings. The lowest BCUT2D eigenvalue weighted by Crippen LogP contribution is -2.60. The monoisotopic (exact) mass is 306 g/mol. The second kappa shape index (κ2) is 5.08. The zero-order valence-electron chi connectivity index (χ0n) is 11.0. The second-order valence-electron chi connectivity index (χ2n) is 5.74. The van der Waals surface area contributed by atoms with E-state index in [1.807, 2.05) is 0 Å². The number of aliphatic hydroxyl groups excluding tert-OH is 4. The number of fused-ring (bicyclic) bond motifs is 4. The maximum absolute atomic E-state index is 9.97. The normalized spacial score (nSPS) is 58.9. The fourth-order valence-corrected chi connectivity index (χ4v) is 3.12. The first-order valence-electron chi connectivity index (χ1n) is 6.98. The Morgan fingerprint density at radius 2 is 1.76 bits per heavy atom. The molecule has 4 N–H and O–H groups in total. The quantitative estimate of drug-likeness (QED) is 0.396. The van der Waals surface area contributed by atoms with Crippen molar-refractivity contribution in [3.05, 3.63) is 0 Å². The van der Waals surface area contributed by atoms with Crippen molar-refractivity contribution >= 4 is 0 Å². The summed E-state index contributed by atoms with van der Waals surface area (Å²) in [6, 6.07) is 0. The van der Waals surface area contributed by atoms with Gasteiger partial charge in [0.2, 0.25) is 0 Å². The van der Waals surface area contributed by atoms with Crippen LogP contribution in [0.4, 0.5) is 0 Å². The lowest BCUT2D eigenvalue weighted by Gasteiger charge is -2.41. The second-order valence-corrected chi connectivity index (χ2v) is 5.74. The molecule has 4 fully saturated rings. The van der Waals surface area contributed by atoms with Crippen LogP contribution in [0.25, 0.3) is 0 Å². The van der Waals surface area contributed by atoms with Crippen LogP contribution >= 0.6 is 0 Å². The van der Waals surface area contributed by atoms with E-state index in [1.54, 1.807) is 0 Å². The van der Waals surface area contributed by atoms with Crippen molar-refractivity contribution in [2.24, 2.45) is 0 Å². The minimum Gasteiger partial charge on any atom is -0.394 e. The van der Waals surface area contributed by atoms with Crippen LogP contribution < -0.4 is 0 Å². The smallest absolute Gasteiger partial charge is 0.187 e. The molecule has 0 saturated carbocycles. The summed E-state index contributed by atoms with van der Waals surface area (Å²) in [5.41, 5.74) is 0. The SMILES string of the molecule is OC[C@H]1O[C@@H](O[C@H]2[C@@H]3O[C@H]3[C@@H]3OC[C@H]2O3)[C@H](O)[C@@H](O)[C@@H]1O. The zero-order valence-corrected chi connectivity index (χ0v) is 11.0. The topological polar surface area (TPSA) is 130 Å². The molecule has 21 heavy (non-hydrogen) atoms. The molecule has 0 aromatic rings. The summed E-state index contributed by atoms with van der Waals surface area (Å²) >= 11 is 0. The van der Waals surface area contributed by atoms with Gasteiger partial charge in [0.15, 0.2) is 12.6 Å². The molecule has 0 aliphatic carbocycles. The molecule has 4 aliphatic heterocycles. The average Bonchev–Trinajstić information content (AvgIpc) is 3.17. The minimum absolute atomic E-state index is 0.182. The van der Waals surface area contributed by atoms with E-state index in [9.17, 15) is 15.3 Å². The molecule has 0 unspecified atom stereocenters. The number of aliphatic hydroxyl groups is 4. The molecule has 9 nitrogen and oxygen atoms in total. The van der Waals surface area contributed by atoms with Crippen LogP contribution in [0, 0.1) is 0 Å². The summed E-state index contributed by atoms with van der Waals surface area (Å²) in [6.45, 7) is -0.133. The van der Waals surface area contributed by atoms with Crippen LogP contribution in [0.15, 0.2) is 0 Å². The molecule has 2 bridgehead atoms. The zero-order chi connectivity index (χ0) is 14.7. The van der Waals surface area contributed by atoms with Crippen molar-refractivity contribution < 1.29 is 44.1 Å². The van der Waals surface area contributed by atoms with Gasteiger partial charge in [-0.3, -0.25) is 0 Å². The largest absolute Gasteiger partial charge is 0.394 e. The van der Waals surface area contributed by atoms with Gasteiger partial charge in [-0.05, 0) is 0 Å². The summed E-state index contributed by atoms with van der Waals surface area (Å²) in [4.78, 5) is 0. The highest BCUT2D eigenvalue weighted by molar-refractivity contribution is 5.05. The van der Waals surface area contributed by atoms with E-state index in [-0.39, 0.29) is 24.6 Å². The molecule has 0 radical (unpaired) electrons. The van der Waals surface area contributed by atoms with Gasteiger partial charge >= 0.3 is 0 Å². The van der Waals surface area contributed by atoms with Gasteiger partial charge in [0, 0.05) is 0 Å². The van der Waals surface area contributed by atoms with Crippen LogP contribution in [0.2, 0.25) is 0 Å². The van der Waals surface area contributed by atoms with E-state index >= 15 is 0 Å². The lowest BCUT2D eigenvalue weighted by atomic mass is 9.99. The highest BCUT2D eigenvalue weighted by atomic mass is 16.8. The van der Waals surface area contributed by atoms with E-state index in [2.05, 4.69) is 0 Å². The Morgan fingerprint density at radius 3 is 2.52 bits per heavy atom. The highest BCUT2D eigenvalue weighted by Crippen LogP contribution is 2.43. The third-order valence-corrected chi connectivity index (χ3v) is 4.39. The number of hydrogen-bond donors (Lipinski definition) is 4.